The number of hydrazone groups is 1. The van der Waals surface area contributed by atoms with Crippen LogP contribution < -0.4 is 5.32 Å². The third-order valence-corrected chi connectivity index (χ3v) is 6.23. The van der Waals surface area contributed by atoms with Crippen LogP contribution in [0.3, 0.4) is 0 Å². The summed E-state index contributed by atoms with van der Waals surface area (Å²) < 4.78 is 16.6. The molecule has 0 aliphatic carbocycles. The van der Waals surface area contributed by atoms with Crippen molar-refractivity contribution in [3.8, 4) is 0 Å². The van der Waals surface area contributed by atoms with Crippen LogP contribution in [-0.2, 0) is 14.3 Å². The number of likely N-dealkylation sites (tertiary alicyclic amines) is 1. The van der Waals surface area contributed by atoms with Gasteiger partial charge in [-0.2, -0.15) is 5.10 Å². The van der Waals surface area contributed by atoms with Crippen LogP contribution >= 0.6 is 0 Å². The Hall–Kier alpha value is -2.91. The number of nitrogens with zero attached hydrogens (tertiary/aromatic N) is 3. The summed E-state index contributed by atoms with van der Waals surface area (Å²) in [6, 6.07) is 7.05. The summed E-state index contributed by atoms with van der Waals surface area (Å²) in [6.45, 7) is 6.95. The molecule has 9 nitrogen and oxygen atoms in total. The van der Waals surface area contributed by atoms with Crippen molar-refractivity contribution in [3.05, 3.63) is 48.3 Å². The van der Waals surface area contributed by atoms with Gasteiger partial charge in [-0.25, -0.2) is 5.01 Å². The zero-order valence-corrected chi connectivity index (χ0v) is 19.9. The Morgan fingerprint density at radius 3 is 2.62 bits per heavy atom. The molecule has 9 heteroatoms. The zero-order chi connectivity index (χ0) is 23.9. The van der Waals surface area contributed by atoms with Gasteiger partial charge in [0.05, 0.1) is 25.2 Å². The van der Waals surface area contributed by atoms with Gasteiger partial charge >= 0.3 is 0 Å². The SMILES string of the molecule is CC(C)OCCCNC(=O)C1CCN(CC(=O)N2N=C(c3ccco3)CC2c2ccco2)CC1. The van der Waals surface area contributed by atoms with Crippen LogP contribution in [0.5, 0.6) is 0 Å². The van der Waals surface area contributed by atoms with E-state index in [-0.39, 0.29) is 36.4 Å². The van der Waals surface area contributed by atoms with Crippen LogP contribution in [0, 0.1) is 5.92 Å². The molecule has 2 amide bonds. The first-order valence-electron chi connectivity index (χ1n) is 12.1. The molecular formula is C25H34N4O5. The normalized spacial score (nSPS) is 19.6. The van der Waals surface area contributed by atoms with Gasteiger partial charge < -0.3 is 18.9 Å². The summed E-state index contributed by atoms with van der Waals surface area (Å²) in [7, 11) is 0. The number of hydrogen-bond acceptors (Lipinski definition) is 7. The molecule has 1 unspecified atom stereocenters. The van der Waals surface area contributed by atoms with E-state index in [4.69, 9.17) is 13.6 Å². The maximum atomic E-state index is 13.2. The van der Waals surface area contributed by atoms with Crippen molar-refractivity contribution in [2.24, 2.45) is 11.0 Å². The van der Waals surface area contributed by atoms with Gasteiger partial charge in [0.2, 0.25) is 5.91 Å². The second-order valence-electron chi connectivity index (χ2n) is 9.11. The van der Waals surface area contributed by atoms with Crippen molar-refractivity contribution >= 4 is 17.5 Å². The fourth-order valence-electron chi connectivity index (χ4n) is 4.40. The first-order chi connectivity index (χ1) is 16.5. The number of carbonyl (C=O) groups is 2. The lowest BCUT2D eigenvalue weighted by Crippen LogP contribution is -2.44. The van der Waals surface area contributed by atoms with Gasteiger partial charge in [-0.1, -0.05) is 0 Å². The second-order valence-corrected chi connectivity index (χ2v) is 9.11. The molecule has 1 N–H and O–H groups in total. The first-order valence-corrected chi connectivity index (χ1v) is 12.1. The van der Waals surface area contributed by atoms with Crippen LogP contribution in [0.1, 0.15) is 57.1 Å². The average Bonchev–Trinajstić information content (AvgIpc) is 3.60. The standard InChI is InChI=1S/C25H34N4O5/c1-18(2)32-15-5-10-26-25(31)19-8-11-28(12-9-19)17-24(30)29-21(23-7-4-14-34-23)16-20(27-29)22-6-3-13-33-22/h3-4,6-7,13-14,18-19,21H,5,8-12,15-17H2,1-2H3,(H,26,31). The van der Waals surface area contributed by atoms with E-state index >= 15 is 0 Å². The van der Waals surface area contributed by atoms with E-state index in [1.54, 1.807) is 12.5 Å². The number of hydrogen-bond donors (Lipinski definition) is 1. The lowest BCUT2D eigenvalue weighted by atomic mass is 9.96. The molecular weight excluding hydrogens is 436 g/mol. The van der Waals surface area contributed by atoms with Crippen molar-refractivity contribution < 1.29 is 23.2 Å². The van der Waals surface area contributed by atoms with Crippen LogP contribution in [0.15, 0.2) is 50.7 Å². The summed E-state index contributed by atoms with van der Waals surface area (Å²) in [4.78, 5) is 27.8. The lowest BCUT2D eigenvalue weighted by molar-refractivity contribution is -0.135. The molecule has 0 bridgehead atoms. The highest BCUT2D eigenvalue weighted by atomic mass is 16.5. The summed E-state index contributed by atoms with van der Waals surface area (Å²) in [5, 5.41) is 9.12. The van der Waals surface area contributed by atoms with E-state index in [2.05, 4.69) is 15.3 Å². The van der Waals surface area contributed by atoms with Gasteiger partial charge in [0.15, 0.2) is 0 Å². The summed E-state index contributed by atoms with van der Waals surface area (Å²) >= 11 is 0. The predicted molar refractivity (Wildman–Crippen MR) is 126 cm³/mol. The minimum Gasteiger partial charge on any atom is -0.467 e. The van der Waals surface area contributed by atoms with E-state index in [0.29, 0.717) is 44.2 Å². The highest BCUT2D eigenvalue weighted by Crippen LogP contribution is 2.33. The van der Waals surface area contributed by atoms with Crippen LogP contribution in [0.25, 0.3) is 0 Å². The Kier molecular flexibility index (Phi) is 8.18. The Balaban J connectivity index is 1.27. The fourth-order valence-corrected chi connectivity index (χ4v) is 4.40. The number of piperidine rings is 1. The van der Waals surface area contributed by atoms with Crippen molar-refractivity contribution in [1.82, 2.24) is 15.2 Å². The molecule has 0 radical (unpaired) electrons. The molecule has 1 atom stereocenters. The molecule has 2 aromatic heterocycles. The number of amides is 2. The Morgan fingerprint density at radius 2 is 1.94 bits per heavy atom. The number of carbonyl (C=O) groups excluding carboxylic acids is 2. The molecule has 1 saturated heterocycles. The lowest BCUT2D eigenvalue weighted by Gasteiger charge is -2.32. The maximum Gasteiger partial charge on any atom is 0.257 e. The van der Waals surface area contributed by atoms with Crippen molar-refractivity contribution in [1.29, 1.82) is 0 Å². The molecule has 0 aromatic carbocycles. The van der Waals surface area contributed by atoms with E-state index in [1.165, 1.54) is 5.01 Å². The molecule has 34 heavy (non-hydrogen) atoms. The second kappa shape index (κ2) is 11.5. The number of nitrogens with one attached hydrogen (secondary N) is 1. The van der Waals surface area contributed by atoms with Crippen LogP contribution in [0.2, 0.25) is 0 Å². The third-order valence-electron chi connectivity index (χ3n) is 6.23. The Labute approximate surface area is 200 Å². The average molecular weight is 471 g/mol. The molecule has 2 aliphatic heterocycles. The predicted octanol–water partition coefficient (Wildman–Crippen LogP) is 3.19. The van der Waals surface area contributed by atoms with Crippen molar-refractivity contribution in [2.45, 2.75) is 51.7 Å². The monoisotopic (exact) mass is 470 g/mol. The van der Waals surface area contributed by atoms with Crippen molar-refractivity contribution in [2.75, 3.05) is 32.8 Å². The highest BCUT2D eigenvalue weighted by molar-refractivity contribution is 6.01. The van der Waals surface area contributed by atoms with Gasteiger partial charge in [-0.3, -0.25) is 14.5 Å². The highest BCUT2D eigenvalue weighted by Gasteiger charge is 2.36. The smallest absolute Gasteiger partial charge is 0.257 e. The molecule has 4 heterocycles. The molecule has 1 fully saturated rings. The number of furan rings is 2. The van der Waals surface area contributed by atoms with Gasteiger partial charge in [-0.05, 0) is 70.5 Å². The Morgan fingerprint density at radius 1 is 1.18 bits per heavy atom. The van der Waals surface area contributed by atoms with E-state index < -0.39 is 0 Å². The van der Waals surface area contributed by atoms with E-state index in [1.807, 2.05) is 38.1 Å². The summed E-state index contributed by atoms with van der Waals surface area (Å²) in [6.07, 6.45) is 6.25. The minimum atomic E-state index is -0.286. The number of ether oxygens (including phenoxy) is 1. The van der Waals surface area contributed by atoms with Gasteiger partial charge in [0, 0.05) is 25.5 Å². The molecule has 4 rings (SSSR count). The van der Waals surface area contributed by atoms with Gasteiger partial charge in [0.25, 0.3) is 5.91 Å². The first kappa shape index (κ1) is 24.2. The molecule has 0 saturated carbocycles. The van der Waals surface area contributed by atoms with E-state index in [9.17, 15) is 9.59 Å². The number of rotatable bonds is 10. The third kappa shape index (κ3) is 6.15. The largest absolute Gasteiger partial charge is 0.467 e. The fraction of sp³-hybridized carbons (Fsp3) is 0.560. The quantitative estimate of drug-likeness (QED) is 0.535. The van der Waals surface area contributed by atoms with Crippen LogP contribution in [-0.4, -0.2) is 66.3 Å². The van der Waals surface area contributed by atoms with Gasteiger partial charge in [0.1, 0.15) is 23.3 Å². The molecule has 184 valence electrons. The summed E-state index contributed by atoms with van der Waals surface area (Å²) in [5.74, 6) is 1.36. The van der Waals surface area contributed by atoms with E-state index in [0.717, 1.165) is 25.0 Å². The summed E-state index contributed by atoms with van der Waals surface area (Å²) in [5.41, 5.74) is 0.730. The molecule has 2 aromatic rings. The van der Waals surface area contributed by atoms with Crippen LogP contribution in [0.4, 0.5) is 0 Å². The zero-order valence-electron chi connectivity index (χ0n) is 19.9. The molecule has 2 aliphatic rings. The molecule has 0 spiro atoms. The Bertz CT molecular complexity index is 946. The topological polar surface area (TPSA) is 101 Å². The van der Waals surface area contributed by atoms with Crippen molar-refractivity contribution in [3.63, 3.8) is 0 Å². The van der Waals surface area contributed by atoms with Gasteiger partial charge in [-0.15, -0.1) is 0 Å². The minimum absolute atomic E-state index is 0.0106. The maximum absolute atomic E-state index is 13.2.